The molecular formula is C59H60BN3S. The number of thiophene rings is 1. The van der Waals surface area contributed by atoms with Crippen LogP contribution in [0.3, 0.4) is 0 Å². The van der Waals surface area contributed by atoms with Crippen molar-refractivity contribution in [3.63, 3.8) is 0 Å². The average Bonchev–Trinajstić information content (AvgIpc) is 3.62. The molecule has 0 saturated heterocycles. The first kappa shape index (κ1) is 41.9. The molecule has 2 aliphatic rings. The smallest absolute Gasteiger partial charge is 0.264 e. The van der Waals surface area contributed by atoms with Gasteiger partial charge in [0.05, 0.1) is 5.69 Å². The quantitative estimate of drug-likeness (QED) is 0.160. The maximum atomic E-state index is 2.61. The number of anilines is 9. The van der Waals surface area contributed by atoms with Crippen LogP contribution in [0.1, 0.15) is 95.7 Å². The maximum absolute atomic E-state index is 2.61. The Kier molecular flexibility index (Phi) is 9.85. The van der Waals surface area contributed by atoms with Crippen LogP contribution in [0, 0.1) is 20.8 Å². The zero-order valence-electron chi connectivity index (χ0n) is 39.7. The number of aryl methyl sites for hydroxylation is 3. The third kappa shape index (κ3) is 6.95. The Morgan fingerprint density at radius 3 is 1.52 bits per heavy atom. The summed E-state index contributed by atoms with van der Waals surface area (Å²) in [6.07, 6.45) is 0. The van der Waals surface area contributed by atoms with Crippen LogP contribution < -0.4 is 30.4 Å². The van der Waals surface area contributed by atoms with Crippen molar-refractivity contribution in [2.24, 2.45) is 0 Å². The van der Waals surface area contributed by atoms with Gasteiger partial charge in [0.1, 0.15) is 0 Å². The van der Waals surface area contributed by atoms with E-state index in [1.54, 1.807) is 0 Å². The van der Waals surface area contributed by atoms with Crippen molar-refractivity contribution in [3.05, 3.63) is 179 Å². The fourth-order valence-corrected chi connectivity index (χ4v) is 11.3. The third-order valence-corrected chi connectivity index (χ3v) is 14.8. The predicted octanol–water partition coefficient (Wildman–Crippen LogP) is 15.3. The fraction of sp³-hybridized carbons (Fsp3) is 0.254. The minimum absolute atomic E-state index is 0.0212. The molecule has 0 spiro atoms. The highest BCUT2D eigenvalue weighted by Gasteiger charge is 2.46. The van der Waals surface area contributed by atoms with Crippen LogP contribution in [0.2, 0.25) is 0 Å². The number of fused-ring (bicyclic) bond motifs is 6. The molecule has 0 fully saturated rings. The first-order valence-electron chi connectivity index (χ1n) is 23.0. The summed E-state index contributed by atoms with van der Waals surface area (Å²) in [5.41, 5.74) is 21.5. The molecule has 320 valence electrons. The normalized spacial score (nSPS) is 13.5. The summed E-state index contributed by atoms with van der Waals surface area (Å²) in [5, 5.41) is 1.27. The van der Waals surface area contributed by atoms with Crippen LogP contribution in [0.5, 0.6) is 0 Å². The minimum atomic E-state index is -0.0212. The summed E-state index contributed by atoms with van der Waals surface area (Å²) in [4.78, 5) is 7.62. The number of nitrogens with zero attached hydrogens (tertiary/aromatic N) is 3. The molecule has 8 aromatic rings. The summed E-state index contributed by atoms with van der Waals surface area (Å²) in [6.45, 7) is 27.6. The summed E-state index contributed by atoms with van der Waals surface area (Å²) in [5.74, 6) is 0. The van der Waals surface area contributed by atoms with Crippen molar-refractivity contribution >= 4 is 95.0 Å². The highest BCUT2D eigenvalue weighted by Crippen LogP contribution is 2.50. The van der Waals surface area contributed by atoms with E-state index in [0.717, 1.165) is 5.69 Å². The van der Waals surface area contributed by atoms with Gasteiger partial charge in [-0.05, 0) is 154 Å². The number of rotatable bonds is 5. The van der Waals surface area contributed by atoms with E-state index in [0.29, 0.717) is 0 Å². The van der Waals surface area contributed by atoms with Crippen molar-refractivity contribution in [1.29, 1.82) is 0 Å². The van der Waals surface area contributed by atoms with E-state index in [-0.39, 0.29) is 23.0 Å². The van der Waals surface area contributed by atoms with Gasteiger partial charge in [0, 0.05) is 60.4 Å². The molecular weight excluding hydrogens is 794 g/mol. The first-order chi connectivity index (χ1) is 30.4. The fourth-order valence-electron chi connectivity index (χ4n) is 10.0. The van der Waals surface area contributed by atoms with Gasteiger partial charge in [0.15, 0.2) is 0 Å². The van der Waals surface area contributed by atoms with Gasteiger partial charge < -0.3 is 14.7 Å². The van der Waals surface area contributed by atoms with E-state index in [1.165, 1.54) is 105 Å². The van der Waals surface area contributed by atoms with Crippen LogP contribution in [0.4, 0.5) is 51.2 Å². The molecule has 0 radical (unpaired) electrons. The lowest BCUT2D eigenvalue weighted by Gasteiger charge is -2.44. The molecule has 0 N–H and O–H groups in total. The van der Waals surface area contributed by atoms with Crippen LogP contribution in [-0.2, 0) is 16.2 Å². The number of para-hydroxylation sites is 2. The largest absolute Gasteiger partial charge is 0.311 e. The summed E-state index contributed by atoms with van der Waals surface area (Å²) >= 11 is 1.97. The summed E-state index contributed by atoms with van der Waals surface area (Å²) in [7, 11) is 0. The Morgan fingerprint density at radius 2 is 0.984 bits per heavy atom. The van der Waals surface area contributed by atoms with Crippen LogP contribution in [0.25, 0.3) is 10.1 Å². The second kappa shape index (κ2) is 15.0. The van der Waals surface area contributed by atoms with Crippen molar-refractivity contribution in [2.45, 2.75) is 99.3 Å². The SMILES string of the molecule is Cc1cc2c3c(c1)N(c1ccc(C(C)(C)C)cc1)c1c(sc4ccc(N(c5ccccc5C)c5ccccc5C)cc14)B3c1cc(C(C)(C)C)ccc1N2c1ccc(C(C)(C)C)cc1. The lowest BCUT2D eigenvalue weighted by atomic mass is 9.36. The summed E-state index contributed by atoms with van der Waals surface area (Å²) in [6, 6.07) is 55.7. The van der Waals surface area contributed by atoms with Gasteiger partial charge >= 0.3 is 0 Å². The predicted molar refractivity (Wildman–Crippen MR) is 281 cm³/mol. The molecule has 1 aromatic heterocycles. The standard InChI is InChI=1S/C59H60BN3S/c1-37-33-51-54-52(34-37)63(44-28-23-41(24-29-44)58(7,8)9)55-46-36-45(62(48-19-15-13-17-38(48)2)49-20-16-14-18-39(49)3)30-32-53(46)64-56(55)60(54)47-35-42(59(10,11)12)25-31-50(47)61(51)43-26-21-40(22-27-43)57(4,5)6/h13-36H,1-12H3. The Balaban J connectivity index is 1.29. The maximum Gasteiger partial charge on any atom is 0.264 e. The summed E-state index contributed by atoms with van der Waals surface area (Å²) < 4.78 is 2.68. The zero-order chi connectivity index (χ0) is 45.0. The lowest BCUT2D eigenvalue weighted by Crippen LogP contribution is -2.60. The second-order valence-corrected chi connectivity index (χ2v) is 22.4. The second-order valence-electron chi connectivity index (χ2n) is 21.3. The van der Waals surface area contributed by atoms with Crippen molar-refractivity contribution in [2.75, 3.05) is 14.7 Å². The molecule has 2 aliphatic heterocycles. The van der Waals surface area contributed by atoms with Crippen molar-refractivity contribution < 1.29 is 0 Å². The van der Waals surface area contributed by atoms with E-state index < -0.39 is 0 Å². The Hall–Kier alpha value is -6.04. The first-order valence-corrected chi connectivity index (χ1v) is 23.8. The molecule has 0 bridgehead atoms. The van der Waals surface area contributed by atoms with Crippen LogP contribution in [0.15, 0.2) is 146 Å². The Labute approximate surface area is 386 Å². The van der Waals surface area contributed by atoms with E-state index in [2.05, 4.69) is 243 Å². The average molecular weight is 854 g/mol. The van der Waals surface area contributed by atoms with Gasteiger partial charge in [-0.2, -0.15) is 0 Å². The molecule has 0 unspecified atom stereocenters. The third-order valence-electron chi connectivity index (χ3n) is 13.6. The number of hydrogen-bond donors (Lipinski definition) is 0. The minimum Gasteiger partial charge on any atom is -0.311 e. The van der Waals surface area contributed by atoms with Gasteiger partial charge in [-0.25, -0.2) is 0 Å². The van der Waals surface area contributed by atoms with Crippen LogP contribution in [-0.4, -0.2) is 6.71 Å². The highest BCUT2D eigenvalue weighted by atomic mass is 32.1. The highest BCUT2D eigenvalue weighted by molar-refractivity contribution is 7.33. The van der Waals surface area contributed by atoms with Gasteiger partial charge in [0.25, 0.3) is 6.71 Å². The lowest BCUT2D eigenvalue weighted by molar-refractivity contribution is 0.590. The monoisotopic (exact) mass is 853 g/mol. The molecule has 0 aliphatic carbocycles. The molecule has 64 heavy (non-hydrogen) atoms. The molecule has 5 heteroatoms. The Bertz CT molecular complexity index is 3050. The molecule has 0 amide bonds. The van der Waals surface area contributed by atoms with Crippen LogP contribution >= 0.6 is 11.3 Å². The number of benzene rings is 7. The van der Waals surface area contributed by atoms with Gasteiger partial charge in [0.2, 0.25) is 0 Å². The van der Waals surface area contributed by atoms with E-state index in [1.807, 2.05) is 11.3 Å². The topological polar surface area (TPSA) is 9.72 Å². The molecule has 3 nitrogen and oxygen atoms in total. The van der Waals surface area contributed by atoms with E-state index in [4.69, 9.17) is 0 Å². The molecule has 10 rings (SSSR count). The molecule has 3 heterocycles. The van der Waals surface area contributed by atoms with Gasteiger partial charge in [-0.3, -0.25) is 0 Å². The van der Waals surface area contributed by atoms with Gasteiger partial charge in [-0.15, -0.1) is 11.3 Å². The zero-order valence-corrected chi connectivity index (χ0v) is 40.5. The van der Waals surface area contributed by atoms with Crippen molar-refractivity contribution in [1.82, 2.24) is 0 Å². The van der Waals surface area contributed by atoms with E-state index in [9.17, 15) is 0 Å². The van der Waals surface area contributed by atoms with E-state index >= 15 is 0 Å². The molecule has 0 atom stereocenters. The molecule has 0 saturated carbocycles. The van der Waals surface area contributed by atoms with Gasteiger partial charge in [-0.1, -0.05) is 135 Å². The Morgan fingerprint density at radius 1 is 0.484 bits per heavy atom. The van der Waals surface area contributed by atoms with Crippen molar-refractivity contribution in [3.8, 4) is 0 Å². The molecule has 7 aromatic carbocycles. The number of hydrogen-bond acceptors (Lipinski definition) is 4.